The number of hydrogen-bond donors (Lipinski definition) is 0. The summed E-state index contributed by atoms with van der Waals surface area (Å²) in [6, 6.07) is 3.31. The van der Waals surface area contributed by atoms with Gasteiger partial charge in [-0.05, 0) is 42.0 Å². The lowest BCUT2D eigenvalue weighted by atomic mass is 9.72. The van der Waals surface area contributed by atoms with E-state index in [4.69, 9.17) is 23.2 Å². The molecule has 1 amide bonds. The van der Waals surface area contributed by atoms with Crippen molar-refractivity contribution >= 4 is 35.0 Å². The van der Waals surface area contributed by atoms with Crippen LogP contribution in [0.25, 0.3) is 0 Å². The van der Waals surface area contributed by atoms with Crippen LogP contribution >= 0.6 is 23.2 Å². The van der Waals surface area contributed by atoms with Crippen LogP contribution < -0.4 is 0 Å². The molecule has 1 aromatic heterocycles. The fourth-order valence-corrected chi connectivity index (χ4v) is 5.01. The SMILES string of the molecule is CC(=O)c1nn(C(=O)N2CCC3(CC2)CN(Cc2cc(Cl)ccc2C(F)(F)F)C3)cc1Cl. The van der Waals surface area contributed by atoms with E-state index >= 15 is 0 Å². The molecule has 2 aromatic rings. The molecule has 0 unspecified atom stereocenters. The number of rotatable bonds is 3. The molecule has 2 fully saturated rings. The standard InChI is InChI=1S/C21H21Cl2F3N4O2/c1-13(31)18-17(23)10-30(27-18)19(32)29-6-4-20(5-7-29)11-28(12-20)9-14-8-15(22)2-3-16(14)21(24,25)26/h2-3,8,10H,4-7,9,11-12H2,1H3. The van der Waals surface area contributed by atoms with E-state index in [0.29, 0.717) is 26.2 Å². The third-order valence-corrected chi connectivity index (χ3v) is 6.69. The van der Waals surface area contributed by atoms with E-state index in [1.165, 1.54) is 25.3 Å². The predicted octanol–water partition coefficient (Wildman–Crippen LogP) is 4.98. The smallest absolute Gasteiger partial charge is 0.323 e. The Morgan fingerprint density at radius 1 is 1.16 bits per heavy atom. The first kappa shape index (κ1) is 23.1. The van der Waals surface area contributed by atoms with Gasteiger partial charge in [0.05, 0.1) is 16.8 Å². The van der Waals surface area contributed by atoms with Crippen molar-refractivity contribution in [3.63, 3.8) is 0 Å². The molecule has 0 aliphatic carbocycles. The van der Waals surface area contributed by atoms with E-state index in [1.54, 1.807) is 4.90 Å². The van der Waals surface area contributed by atoms with Crippen molar-refractivity contribution in [3.8, 4) is 0 Å². The summed E-state index contributed by atoms with van der Waals surface area (Å²) in [6.45, 7) is 3.85. The van der Waals surface area contributed by atoms with Crippen LogP contribution in [0.3, 0.4) is 0 Å². The number of Topliss-reactive ketones (excluding diaryl/α,β-unsaturated/α-hetero) is 1. The van der Waals surface area contributed by atoms with Gasteiger partial charge in [-0.2, -0.15) is 23.0 Å². The van der Waals surface area contributed by atoms with Gasteiger partial charge in [0, 0.05) is 44.7 Å². The second kappa shape index (κ2) is 8.35. The zero-order valence-electron chi connectivity index (χ0n) is 17.3. The van der Waals surface area contributed by atoms with E-state index < -0.39 is 11.7 Å². The van der Waals surface area contributed by atoms with Crippen molar-refractivity contribution < 1.29 is 22.8 Å². The van der Waals surface area contributed by atoms with Crippen LogP contribution in [0.15, 0.2) is 24.4 Å². The van der Waals surface area contributed by atoms with Crippen LogP contribution in [-0.4, -0.2) is 57.6 Å². The lowest BCUT2D eigenvalue weighted by Gasteiger charge is -2.54. The zero-order chi connectivity index (χ0) is 23.3. The Morgan fingerprint density at radius 3 is 2.38 bits per heavy atom. The third-order valence-electron chi connectivity index (χ3n) is 6.18. The fraction of sp³-hybridized carbons (Fsp3) is 0.476. The Kier molecular flexibility index (Phi) is 6.02. The summed E-state index contributed by atoms with van der Waals surface area (Å²) < 4.78 is 41.0. The largest absolute Gasteiger partial charge is 0.416 e. The summed E-state index contributed by atoms with van der Waals surface area (Å²) in [7, 11) is 0. The van der Waals surface area contributed by atoms with Gasteiger partial charge in [-0.25, -0.2) is 4.79 Å². The third kappa shape index (κ3) is 4.51. The highest BCUT2D eigenvalue weighted by atomic mass is 35.5. The molecule has 0 N–H and O–H groups in total. The predicted molar refractivity (Wildman–Crippen MR) is 113 cm³/mol. The molecule has 1 spiro atoms. The molecule has 4 rings (SSSR count). The monoisotopic (exact) mass is 488 g/mol. The maximum Gasteiger partial charge on any atom is 0.416 e. The number of likely N-dealkylation sites (tertiary alicyclic amines) is 2. The van der Waals surface area contributed by atoms with E-state index in [0.717, 1.165) is 23.6 Å². The fourth-order valence-electron chi connectivity index (χ4n) is 4.55. The molecule has 11 heteroatoms. The first-order chi connectivity index (χ1) is 15.0. The number of hydrogen-bond acceptors (Lipinski definition) is 4. The average Bonchev–Trinajstić information content (AvgIpc) is 3.08. The van der Waals surface area contributed by atoms with Gasteiger partial charge in [0.15, 0.2) is 5.78 Å². The quantitative estimate of drug-likeness (QED) is 0.571. The lowest BCUT2D eigenvalue weighted by molar-refractivity contribution is -0.139. The second-order valence-corrected chi connectivity index (χ2v) is 9.38. The molecule has 2 saturated heterocycles. The minimum absolute atomic E-state index is 0.0138. The normalized spacial score (nSPS) is 18.6. The number of nitrogens with zero attached hydrogens (tertiary/aromatic N) is 4. The number of amides is 1. The van der Waals surface area contributed by atoms with Gasteiger partial charge in [0.1, 0.15) is 5.69 Å². The Labute approximate surface area is 192 Å². The van der Waals surface area contributed by atoms with Crippen LogP contribution in [0.1, 0.15) is 41.4 Å². The Hall–Kier alpha value is -2.10. The number of halogens is 5. The molecule has 0 atom stereocenters. The molecule has 3 heterocycles. The first-order valence-corrected chi connectivity index (χ1v) is 10.9. The minimum atomic E-state index is -4.42. The van der Waals surface area contributed by atoms with Gasteiger partial charge in [-0.15, -0.1) is 0 Å². The molecule has 1 aromatic carbocycles. The number of benzene rings is 1. The van der Waals surface area contributed by atoms with Gasteiger partial charge in [-0.3, -0.25) is 9.69 Å². The Morgan fingerprint density at radius 2 is 1.81 bits per heavy atom. The van der Waals surface area contributed by atoms with Crippen molar-refractivity contribution in [2.45, 2.75) is 32.5 Å². The van der Waals surface area contributed by atoms with Gasteiger partial charge >= 0.3 is 12.2 Å². The number of alkyl halides is 3. The molecule has 2 aliphatic rings. The molecule has 6 nitrogen and oxygen atoms in total. The van der Waals surface area contributed by atoms with Crippen molar-refractivity contribution in [3.05, 3.63) is 51.3 Å². The molecular formula is C21H21Cl2F3N4O2. The van der Waals surface area contributed by atoms with Crippen LogP contribution in [0.5, 0.6) is 0 Å². The average molecular weight is 489 g/mol. The molecule has 32 heavy (non-hydrogen) atoms. The lowest BCUT2D eigenvalue weighted by Crippen LogP contribution is -2.60. The van der Waals surface area contributed by atoms with Gasteiger partial charge in [0.2, 0.25) is 0 Å². The van der Waals surface area contributed by atoms with Gasteiger partial charge < -0.3 is 4.90 Å². The summed E-state index contributed by atoms with van der Waals surface area (Å²) >= 11 is 11.9. The van der Waals surface area contributed by atoms with E-state index in [1.807, 2.05) is 4.90 Å². The number of carbonyl (C=O) groups excluding carboxylic acids is 2. The zero-order valence-corrected chi connectivity index (χ0v) is 18.8. The van der Waals surface area contributed by atoms with Crippen LogP contribution in [-0.2, 0) is 12.7 Å². The summed E-state index contributed by atoms with van der Waals surface area (Å²) in [4.78, 5) is 27.8. The number of piperidine rings is 1. The van der Waals surface area contributed by atoms with Crippen molar-refractivity contribution in [2.75, 3.05) is 26.2 Å². The topological polar surface area (TPSA) is 58.4 Å². The Bertz CT molecular complexity index is 1050. The second-order valence-electron chi connectivity index (χ2n) is 8.54. The highest BCUT2D eigenvalue weighted by Gasteiger charge is 2.46. The molecule has 2 aliphatic heterocycles. The van der Waals surface area contributed by atoms with E-state index in [9.17, 15) is 22.8 Å². The van der Waals surface area contributed by atoms with Crippen molar-refractivity contribution in [1.29, 1.82) is 0 Å². The molecule has 0 saturated carbocycles. The van der Waals surface area contributed by atoms with Gasteiger partial charge in [0.25, 0.3) is 0 Å². The highest BCUT2D eigenvalue weighted by Crippen LogP contribution is 2.42. The number of carbonyl (C=O) groups is 2. The van der Waals surface area contributed by atoms with Crippen LogP contribution in [0.4, 0.5) is 18.0 Å². The molecular weight excluding hydrogens is 468 g/mol. The molecule has 0 radical (unpaired) electrons. The number of ketones is 1. The highest BCUT2D eigenvalue weighted by molar-refractivity contribution is 6.33. The van der Waals surface area contributed by atoms with E-state index in [-0.39, 0.29) is 45.1 Å². The summed E-state index contributed by atoms with van der Waals surface area (Å²) in [5.41, 5.74) is -0.446. The molecule has 0 bridgehead atoms. The summed E-state index contributed by atoms with van der Waals surface area (Å²) in [5.74, 6) is -0.318. The van der Waals surface area contributed by atoms with Gasteiger partial charge in [-0.1, -0.05) is 23.2 Å². The van der Waals surface area contributed by atoms with Crippen LogP contribution in [0.2, 0.25) is 10.0 Å². The van der Waals surface area contributed by atoms with E-state index in [2.05, 4.69) is 5.10 Å². The minimum Gasteiger partial charge on any atom is -0.323 e. The summed E-state index contributed by atoms with van der Waals surface area (Å²) in [6.07, 6.45) is -1.61. The molecule has 172 valence electrons. The maximum atomic E-state index is 13.3. The summed E-state index contributed by atoms with van der Waals surface area (Å²) in [5, 5.41) is 4.39. The van der Waals surface area contributed by atoms with Crippen LogP contribution in [0, 0.1) is 5.41 Å². The maximum absolute atomic E-state index is 13.3. The number of aromatic nitrogens is 2. The Balaban J connectivity index is 1.35. The van der Waals surface area contributed by atoms with Crippen molar-refractivity contribution in [1.82, 2.24) is 19.6 Å². The first-order valence-electron chi connectivity index (χ1n) is 10.1. The van der Waals surface area contributed by atoms with Crippen molar-refractivity contribution in [2.24, 2.45) is 5.41 Å².